The van der Waals surface area contributed by atoms with Crippen molar-refractivity contribution < 1.29 is 19.4 Å². The van der Waals surface area contributed by atoms with Gasteiger partial charge in [-0.05, 0) is 29.7 Å². The Bertz CT molecular complexity index is 644. The Hall–Kier alpha value is -1.66. The second kappa shape index (κ2) is 6.84. The predicted octanol–water partition coefficient (Wildman–Crippen LogP) is 2.52. The van der Waals surface area contributed by atoms with Crippen LogP contribution in [-0.4, -0.2) is 48.7 Å². The summed E-state index contributed by atoms with van der Waals surface area (Å²) >= 11 is 1.79. The summed E-state index contributed by atoms with van der Waals surface area (Å²) in [5.74, 6) is 2.44. The number of likely N-dealkylation sites (tertiary alicyclic amines) is 1. The van der Waals surface area contributed by atoms with Crippen molar-refractivity contribution in [1.29, 1.82) is 0 Å². The van der Waals surface area contributed by atoms with Crippen LogP contribution >= 0.6 is 11.8 Å². The zero-order chi connectivity index (χ0) is 16.4. The lowest BCUT2D eigenvalue weighted by Crippen LogP contribution is -2.32. The van der Waals surface area contributed by atoms with E-state index in [9.17, 15) is 9.90 Å². The van der Waals surface area contributed by atoms with Crippen molar-refractivity contribution in [2.45, 2.75) is 30.4 Å². The minimum atomic E-state index is -0.651. The summed E-state index contributed by atoms with van der Waals surface area (Å²) in [7, 11) is 3.26. The van der Waals surface area contributed by atoms with Crippen LogP contribution in [0.3, 0.4) is 0 Å². The van der Waals surface area contributed by atoms with E-state index in [4.69, 9.17) is 9.47 Å². The SMILES string of the molecule is COc1cc2c(cc1OC)/C(=C/CN1C(=O)CC[C@H]1O)CCS2. The molecular formula is C17H21NO4S. The molecular weight excluding hydrogens is 314 g/mol. The fourth-order valence-electron chi connectivity index (χ4n) is 3.00. The van der Waals surface area contributed by atoms with E-state index in [2.05, 4.69) is 6.08 Å². The highest BCUT2D eigenvalue weighted by Gasteiger charge is 2.28. The molecule has 1 saturated heterocycles. The van der Waals surface area contributed by atoms with Crippen LogP contribution in [0.1, 0.15) is 24.8 Å². The molecule has 124 valence electrons. The summed E-state index contributed by atoms with van der Waals surface area (Å²) in [5.41, 5.74) is 2.31. The summed E-state index contributed by atoms with van der Waals surface area (Å²) in [5, 5.41) is 9.87. The first-order valence-electron chi connectivity index (χ1n) is 7.69. The molecule has 1 aromatic carbocycles. The van der Waals surface area contributed by atoms with Crippen LogP contribution in [0.15, 0.2) is 23.1 Å². The van der Waals surface area contributed by atoms with Gasteiger partial charge in [-0.2, -0.15) is 0 Å². The van der Waals surface area contributed by atoms with E-state index < -0.39 is 6.23 Å². The molecule has 1 N–H and O–H groups in total. The number of allylic oxidation sites excluding steroid dienone is 1. The largest absolute Gasteiger partial charge is 0.493 e. The fourth-order valence-corrected chi connectivity index (χ4v) is 4.08. The second-order valence-electron chi connectivity index (χ2n) is 5.60. The predicted molar refractivity (Wildman–Crippen MR) is 89.8 cm³/mol. The fraction of sp³-hybridized carbons (Fsp3) is 0.471. The first kappa shape index (κ1) is 16.2. The van der Waals surface area contributed by atoms with E-state index in [0.29, 0.717) is 25.1 Å². The number of carbonyl (C=O) groups excluding carboxylic acids is 1. The van der Waals surface area contributed by atoms with Crippen LogP contribution in [0.2, 0.25) is 0 Å². The first-order chi connectivity index (χ1) is 11.1. The monoisotopic (exact) mass is 335 g/mol. The van der Waals surface area contributed by atoms with Crippen LogP contribution in [0.4, 0.5) is 0 Å². The average molecular weight is 335 g/mol. The third kappa shape index (κ3) is 3.19. The Balaban J connectivity index is 1.88. The van der Waals surface area contributed by atoms with E-state index in [1.54, 1.807) is 26.0 Å². The highest BCUT2D eigenvalue weighted by molar-refractivity contribution is 7.99. The molecule has 3 rings (SSSR count). The number of rotatable bonds is 4. The molecule has 0 saturated carbocycles. The number of methoxy groups -OCH3 is 2. The Morgan fingerprint density at radius 2 is 2.04 bits per heavy atom. The molecule has 2 aliphatic rings. The smallest absolute Gasteiger partial charge is 0.225 e. The van der Waals surface area contributed by atoms with Crippen molar-refractivity contribution >= 4 is 23.2 Å². The Morgan fingerprint density at radius 3 is 2.70 bits per heavy atom. The molecule has 2 aliphatic heterocycles. The number of benzene rings is 1. The van der Waals surface area contributed by atoms with Gasteiger partial charge >= 0.3 is 0 Å². The van der Waals surface area contributed by atoms with Gasteiger partial charge in [-0.3, -0.25) is 4.79 Å². The molecule has 0 radical (unpaired) electrons. The molecule has 6 heteroatoms. The number of hydrogen-bond donors (Lipinski definition) is 1. The van der Waals surface area contributed by atoms with Gasteiger partial charge in [0.2, 0.25) is 5.91 Å². The molecule has 1 amide bonds. The van der Waals surface area contributed by atoms with Crippen molar-refractivity contribution in [1.82, 2.24) is 4.90 Å². The lowest BCUT2D eigenvalue weighted by Gasteiger charge is -2.23. The Morgan fingerprint density at radius 1 is 1.30 bits per heavy atom. The zero-order valence-corrected chi connectivity index (χ0v) is 14.2. The highest BCUT2D eigenvalue weighted by atomic mass is 32.2. The number of fused-ring (bicyclic) bond motifs is 1. The van der Waals surface area contributed by atoms with Gasteiger partial charge in [0, 0.05) is 30.0 Å². The lowest BCUT2D eigenvalue weighted by molar-refractivity contribution is -0.132. The molecule has 1 atom stereocenters. The molecule has 23 heavy (non-hydrogen) atoms. The van der Waals surface area contributed by atoms with E-state index in [0.717, 1.165) is 28.4 Å². The number of hydrogen-bond acceptors (Lipinski definition) is 5. The number of aliphatic hydroxyl groups is 1. The normalized spacial score (nSPS) is 22.4. The van der Waals surface area contributed by atoms with Gasteiger partial charge in [0.25, 0.3) is 0 Å². The Kier molecular flexibility index (Phi) is 4.82. The van der Waals surface area contributed by atoms with Gasteiger partial charge in [0.15, 0.2) is 11.5 Å². The van der Waals surface area contributed by atoms with Crippen LogP contribution in [0.5, 0.6) is 11.5 Å². The maximum absolute atomic E-state index is 11.8. The number of ether oxygens (including phenoxy) is 2. The molecule has 1 fully saturated rings. The second-order valence-corrected chi connectivity index (χ2v) is 6.73. The van der Waals surface area contributed by atoms with Crippen molar-refractivity contribution in [3.8, 4) is 11.5 Å². The molecule has 0 bridgehead atoms. The van der Waals surface area contributed by atoms with E-state index in [1.807, 2.05) is 12.1 Å². The van der Waals surface area contributed by atoms with Gasteiger partial charge in [-0.15, -0.1) is 11.8 Å². The third-order valence-corrected chi connectivity index (χ3v) is 5.35. The first-order valence-corrected chi connectivity index (χ1v) is 8.68. The number of nitrogens with zero attached hydrogens (tertiary/aromatic N) is 1. The van der Waals surface area contributed by atoms with Gasteiger partial charge < -0.3 is 19.5 Å². The maximum Gasteiger partial charge on any atom is 0.225 e. The number of aliphatic hydroxyl groups excluding tert-OH is 1. The van der Waals surface area contributed by atoms with Crippen molar-refractivity contribution in [2.75, 3.05) is 26.5 Å². The van der Waals surface area contributed by atoms with Crippen molar-refractivity contribution in [3.63, 3.8) is 0 Å². The molecule has 5 nitrogen and oxygen atoms in total. The lowest BCUT2D eigenvalue weighted by atomic mass is 10.0. The van der Waals surface area contributed by atoms with Crippen LogP contribution < -0.4 is 9.47 Å². The molecule has 1 aromatic rings. The molecule has 0 unspecified atom stereocenters. The molecule has 2 heterocycles. The van der Waals surface area contributed by atoms with E-state index in [1.165, 1.54) is 10.5 Å². The van der Waals surface area contributed by atoms with Crippen molar-refractivity contribution in [3.05, 3.63) is 23.8 Å². The quantitative estimate of drug-likeness (QED) is 0.916. The summed E-state index contributed by atoms with van der Waals surface area (Å²) < 4.78 is 10.8. The number of thioether (sulfide) groups is 1. The standard InChI is InChI=1S/C17H21NO4S/c1-21-13-9-12-11(5-7-18-16(19)3-4-17(18)20)6-8-23-15(12)10-14(13)22-2/h5,9-10,16,19H,3-4,6-8H2,1-2H3/b11-5+/t16-/m1/s1. The molecule has 0 aliphatic carbocycles. The topological polar surface area (TPSA) is 59.0 Å². The van der Waals surface area contributed by atoms with Crippen LogP contribution in [0, 0.1) is 0 Å². The van der Waals surface area contributed by atoms with Crippen LogP contribution in [-0.2, 0) is 4.79 Å². The summed E-state index contributed by atoms with van der Waals surface area (Å²) in [4.78, 5) is 14.5. The third-order valence-electron chi connectivity index (χ3n) is 4.29. The Labute approximate surface area is 140 Å². The minimum absolute atomic E-state index is 0.0204. The van der Waals surface area contributed by atoms with Crippen molar-refractivity contribution in [2.24, 2.45) is 0 Å². The number of carbonyl (C=O) groups is 1. The minimum Gasteiger partial charge on any atom is -0.493 e. The summed E-state index contributed by atoms with van der Waals surface area (Å²) in [6, 6.07) is 4.00. The zero-order valence-electron chi connectivity index (χ0n) is 13.4. The summed E-state index contributed by atoms with van der Waals surface area (Å²) in [6.45, 7) is 0.452. The molecule has 0 aromatic heterocycles. The van der Waals surface area contributed by atoms with Gasteiger partial charge in [-0.25, -0.2) is 0 Å². The number of amides is 1. The summed E-state index contributed by atoms with van der Waals surface area (Å²) in [6.07, 6.45) is 3.30. The highest BCUT2D eigenvalue weighted by Crippen LogP contribution is 2.43. The van der Waals surface area contributed by atoms with Gasteiger partial charge in [0.1, 0.15) is 6.23 Å². The average Bonchev–Trinajstić information content (AvgIpc) is 2.89. The van der Waals surface area contributed by atoms with Gasteiger partial charge in [-0.1, -0.05) is 6.08 Å². The van der Waals surface area contributed by atoms with E-state index in [-0.39, 0.29) is 5.91 Å². The van der Waals surface area contributed by atoms with E-state index >= 15 is 0 Å². The maximum atomic E-state index is 11.8. The van der Waals surface area contributed by atoms with Gasteiger partial charge in [0.05, 0.1) is 14.2 Å². The molecule has 0 spiro atoms. The van der Waals surface area contributed by atoms with Crippen LogP contribution in [0.25, 0.3) is 5.57 Å².